The van der Waals surface area contributed by atoms with Crippen LogP contribution in [-0.2, 0) is 0 Å². The molecule has 106 valence electrons. The van der Waals surface area contributed by atoms with Crippen molar-refractivity contribution < 1.29 is 4.52 Å². The van der Waals surface area contributed by atoms with Gasteiger partial charge in [0, 0.05) is 36.7 Å². The van der Waals surface area contributed by atoms with Gasteiger partial charge in [-0.1, -0.05) is 0 Å². The van der Waals surface area contributed by atoms with Crippen LogP contribution >= 0.6 is 27.3 Å². The average molecular weight is 355 g/mol. The van der Waals surface area contributed by atoms with E-state index in [9.17, 15) is 0 Å². The maximum absolute atomic E-state index is 5.45. The van der Waals surface area contributed by atoms with Crippen LogP contribution in [0.5, 0.6) is 0 Å². The lowest BCUT2D eigenvalue weighted by Crippen LogP contribution is -2.38. The number of rotatable bonds is 2. The smallest absolute Gasteiger partial charge is 0.270 e. The topological polar surface area (TPSA) is 45.4 Å². The highest BCUT2D eigenvalue weighted by Crippen LogP contribution is 2.34. The van der Waals surface area contributed by atoms with Gasteiger partial charge in [0.1, 0.15) is 4.88 Å². The number of aromatic nitrogens is 2. The van der Waals surface area contributed by atoms with Crippen LogP contribution in [-0.4, -0.2) is 47.3 Å². The van der Waals surface area contributed by atoms with Gasteiger partial charge in [0.15, 0.2) is 0 Å². The van der Waals surface area contributed by atoms with E-state index in [1.807, 2.05) is 11.4 Å². The van der Waals surface area contributed by atoms with Crippen LogP contribution in [0.4, 0.5) is 5.95 Å². The fourth-order valence-electron chi connectivity index (χ4n) is 3.02. The van der Waals surface area contributed by atoms with Gasteiger partial charge in [-0.3, -0.25) is 0 Å². The molecule has 3 aliphatic rings. The van der Waals surface area contributed by atoms with E-state index in [0.29, 0.717) is 11.9 Å². The van der Waals surface area contributed by atoms with Crippen molar-refractivity contribution in [2.45, 2.75) is 18.9 Å². The molecule has 0 radical (unpaired) electrons. The summed E-state index contributed by atoms with van der Waals surface area (Å²) in [5.74, 6) is 1.36. The second-order valence-electron chi connectivity index (χ2n) is 5.26. The number of fused-ring (bicyclic) bond motifs is 4. The van der Waals surface area contributed by atoms with E-state index >= 15 is 0 Å². The summed E-state index contributed by atoms with van der Waals surface area (Å²) in [5.41, 5.74) is 0. The molecule has 2 bridgehead atoms. The molecule has 0 unspecified atom stereocenters. The summed E-state index contributed by atoms with van der Waals surface area (Å²) in [7, 11) is 0. The Kier molecular flexibility index (Phi) is 3.28. The van der Waals surface area contributed by atoms with Gasteiger partial charge in [-0.2, -0.15) is 4.98 Å². The zero-order valence-corrected chi connectivity index (χ0v) is 13.4. The summed E-state index contributed by atoms with van der Waals surface area (Å²) in [6.45, 7) is 4.49. The number of anilines is 1. The number of hydrogen-bond acceptors (Lipinski definition) is 6. The Bertz CT molecular complexity index is 605. The van der Waals surface area contributed by atoms with Gasteiger partial charge in [-0.25, -0.2) is 0 Å². The summed E-state index contributed by atoms with van der Waals surface area (Å²) in [4.78, 5) is 10.5. The maximum Gasteiger partial charge on any atom is 0.270 e. The van der Waals surface area contributed by atoms with Gasteiger partial charge in [0.2, 0.25) is 0 Å². The largest absolute Gasteiger partial charge is 0.334 e. The third-order valence-corrected chi connectivity index (χ3v) is 5.96. The van der Waals surface area contributed by atoms with Crippen molar-refractivity contribution in [2.75, 3.05) is 31.1 Å². The van der Waals surface area contributed by atoms with E-state index in [1.54, 1.807) is 11.3 Å². The lowest BCUT2D eigenvalue weighted by atomic mass is 10.1. The standard InChI is InChI=1S/C13H15BrN4OS/c14-10-3-8-20-11(10)12-15-13(16-19-12)18-7-6-17-4-1-9(18)2-5-17/h3,8-9H,1-2,4-7H2. The highest BCUT2D eigenvalue weighted by atomic mass is 79.9. The first-order valence-electron chi connectivity index (χ1n) is 6.87. The second kappa shape index (κ2) is 5.13. The average Bonchev–Trinajstić information content (AvgIpc) is 3.00. The minimum atomic E-state index is 0.561. The Morgan fingerprint density at radius 2 is 2.10 bits per heavy atom. The highest BCUT2D eigenvalue weighted by molar-refractivity contribution is 9.10. The predicted octanol–water partition coefficient (Wildman–Crippen LogP) is 2.85. The van der Waals surface area contributed by atoms with Crippen LogP contribution in [0.3, 0.4) is 0 Å². The molecule has 5 rings (SSSR count). The first kappa shape index (κ1) is 12.8. The van der Waals surface area contributed by atoms with E-state index in [1.165, 1.54) is 25.9 Å². The zero-order chi connectivity index (χ0) is 13.5. The minimum Gasteiger partial charge on any atom is -0.334 e. The Morgan fingerprint density at radius 1 is 1.25 bits per heavy atom. The van der Waals surface area contributed by atoms with E-state index in [2.05, 4.69) is 35.9 Å². The molecule has 3 saturated heterocycles. The van der Waals surface area contributed by atoms with Crippen LogP contribution in [0.25, 0.3) is 10.8 Å². The van der Waals surface area contributed by atoms with E-state index in [4.69, 9.17) is 4.52 Å². The molecule has 20 heavy (non-hydrogen) atoms. The van der Waals surface area contributed by atoms with Gasteiger partial charge in [-0.15, -0.1) is 11.3 Å². The molecule has 5 heterocycles. The predicted molar refractivity (Wildman–Crippen MR) is 82.1 cm³/mol. The van der Waals surface area contributed by atoms with Crippen molar-refractivity contribution in [2.24, 2.45) is 0 Å². The Labute approximate surface area is 129 Å². The number of thiophene rings is 1. The van der Waals surface area contributed by atoms with Crippen molar-refractivity contribution >= 4 is 33.2 Å². The Hall–Kier alpha value is -0.920. The van der Waals surface area contributed by atoms with Crippen LogP contribution in [0.2, 0.25) is 0 Å². The van der Waals surface area contributed by atoms with Crippen molar-refractivity contribution in [3.05, 3.63) is 15.9 Å². The highest BCUT2D eigenvalue weighted by Gasteiger charge is 2.31. The molecule has 0 N–H and O–H groups in total. The van der Waals surface area contributed by atoms with E-state index in [-0.39, 0.29) is 0 Å². The van der Waals surface area contributed by atoms with Crippen molar-refractivity contribution in [3.63, 3.8) is 0 Å². The fraction of sp³-hybridized carbons (Fsp3) is 0.538. The molecule has 0 saturated carbocycles. The van der Waals surface area contributed by atoms with Crippen molar-refractivity contribution in [1.82, 2.24) is 15.0 Å². The van der Waals surface area contributed by atoms with Crippen LogP contribution in [0, 0.1) is 0 Å². The third kappa shape index (κ3) is 2.17. The molecule has 3 aliphatic heterocycles. The molecular formula is C13H15BrN4OS. The van der Waals surface area contributed by atoms with E-state index in [0.717, 1.165) is 28.4 Å². The van der Waals surface area contributed by atoms with Gasteiger partial charge in [0.25, 0.3) is 11.8 Å². The normalized spacial score (nSPS) is 25.9. The number of halogens is 1. The first-order valence-corrected chi connectivity index (χ1v) is 8.54. The number of nitrogens with zero attached hydrogens (tertiary/aromatic N) is 4. The molecule has 0 atom stereocenters. The summed E-state index contributed by atoms with van der Waals surface area (Å²) >= 11 is 5.13. The van der Waals surface area contributed by atoms with Crippen LogP contribution < -0.4 is 4.90 Å². The van der Waals surface area contributed by atoms with Gasteiger partial charge in [0.05, 0.1) is 0 Å². The molecule has 5 nitrogen and oxygen atoms in total. The molecular weight excluding hydrogens is 340 g/mol. The van der Waals surface area contributed by atoms with Gasteiger partial charge in [-0.05, 0) is 45.4 Å². The molecule has 7 heteroatoms. The number of hydrogen-bond donors (Lipinski definition) is 0. The van der Waals surface area contributed by atoms with Crippen LogP contribution in [0.1, 0.15) is 12.8 Å². The molecule has 2 aromatic heterocycles. The summed E-state index contributed by atoms with van der Waals surface area (Å²) in [6.07, 6.45) is 2.40. The zero-order valence-electron chi connectivity index (χ0n) is 11.0. The maximum atomic E-state index is 5.45. The first-order chi connectivity index (χ1) is 9.81. The summed E-state index contributed by atoms with van der Waals surface area (Å²) < 4.78 is 6.47. The fourth-order valence-corrected chi connectivity index (χ4v) is 4.48. The van der Waals surface area contributed by atoms with Gasteiger partial charge >= 0.3 is 0 Å². The molecule has 0 amide bonds. The van der Waals surface area contributed by atoms with Crippen LogP contribution in [0.15, 0.2) is 20.4 Å². The van der Waals surface area contributed by atoms with Crippen molar-refractivity contribution in [1.29, 1.82) is 0 Å². The lowest BCUT2D eigenvalue weighted by Gasteiger charge is -2.30. The third-order valence-electron chi connectivity index (χ3n) is 4.14. The SMILES string of the molecule is Brc1ccsc1-c1nc(N2CCN3CCC2CC3)no1. The Balaban J connectivity index is 1.63. The molecule has 3 fully saturated rings. The monoisotopic (exact) mass is 354 g/mol. The quantitative estimate of drug-likeness (QED) is 0.829. The van der Waals surface area contributed by atoms with Gasteiger partial charge < -0.3 is 14.3 Å². The number of piperidine rings is 1. The molecule has 2 aromatic rings. The second-order valence-corrected chi connectivity index (χ2v) is 7.03. The van der Waals surface area contributed by atoms with Crippen molar-refractivity contribution in [3.8, 4) is 10.8 Å². The Morgan fingerprint density at radius 3 is 2.85 bits per heavy atom. The lowest BCUT2D eigenvalue weighted by molar-refractivity contribution is 0.250. The molecule has 0 aromatic carbocycles. The molecule has 0 spiro atoms. The summed E-state index contributed by atoms with van der Waals surface area (Å²) in [5, 5.41) is 6.22. The molecule has 0 aliphatic carbocycles. The minimum absolute atomic E-state index is 0.561. The summed E-state index contributed by atoms with van der Waals surface area (Å²) in [6, 6.07) is 2.57. The van der Waals surface area contributed by atoms with E-state index < -0.39 is 0 Å².